The Hall–Kier alpha value is -2.69. The molecule has 0 bridgehead atoms. The molecule has 0 aromatic heterocycles. The molecule has 0 saturated carbocycles. The summed E-state index contributed by atoms with van der Waals surface area (Å²) in [6, 6.07) is 13.1. The zero-order chi connectivity index (χ0) is 15.2. The molecule has 0 aliphatic rings. The van der Waals surface area contributed by atoms with Crippen molar-refractivity contribution in [3.63, 3.8) is 0 Å². The molecule has 21 heavy (non-hydrogen) atoms. The molecule has 0 aliphatic carbocycles. The molecule has 0 unspecified atom stereocenters. The second-order valence-corrected chi connectivity index (χ2v) is 4.60. The zero-order valence-corrected chi connectivity index (χ0v) is 12.0. The Morgan fingerprint density at radius 1 is 1.19 bits per heavy atom. The van der Waals surface area contributed by atoms with Crippen LogP contribution in [0.5, 0.6) is 11.5 Å². The van der Waals surface area contributed by atoms with Gasteiger partial charge in [0.05, 0.1) is 7.11 Å². The van der Waals surface area contributed by atoms with E-state index in [2.05, 4.69) is 5.16 Å². The third-order valence-corrected chi connectivity index (χ3v) is 3.12. The number of nitrogens with zero attached hydrogens (tertiary/aromatic N) is 1. The molecule has 0 fully saturated rings. The molecule has 0 heterocycles. The van der Waals surface area contributed by atoms with E-state index in [1.54, 1.807) is 19.2 Å². The molecule has 5 heteroatoms. The number of aryl methyl sites for hydroxylation is 1. The minimum absolute atomic E-state index is 0.0897. The predicted octanol–water partition coefficient (Wildman–Crippen LogP) is 2.68. The van der Waals surface area contributed by atoms with Crippen molar-refractivity contribution in [1.82, 2.24) is 0 Å². The number of ether oxygens (including phenoxy) is 2. The topological polar surface area (TPSA) is 77.1 Å². The maximum Gasteiger partial charge on any atom is 0.170 e. The number of hydrogen-bond acceptors (Lipinski definition) is 4. The summed E-state index contributed by atoms with van der Waals surface area (Å²) in [5.74, 6) is 1.62. The fourth-order valence-electron chi connectivity index (χ4n) is 2.00. The molecular formula is C16H18N2O3. The van der Waals surface area contributed by atoms with Crippen LogP contribution in [0, 0.1) is 6.92 Å². The van der Waals surface area contributed by atoms with Crippen molar-refractivity contribution in [2.24, 2.45) is 10.9 Å². The van der Waals surface area contributed by atoms with E-state index >= 15 is 0 Å². The Morgan fingerprint density at radius 2 is 2.00 bits per heavy atom. The highest BCUT2D eigenvalue weighted by Gasteiger charge is 2.05. The van der Waals surface area contributed by atoms with Crippen LogP contribution in [0.25, 0.3) is 0 Å². The van der Waals surface area contributed by atoms with Crippen molar-refractivity contribution in [3.8, 4) is 11.5 Å². The molecule has 5 nitrogen and oxygen atoms in total. The first kappa shape index (κ1) is 14.7. The Labute approximate surface area is 123 Å². The Kier molecular flexibility index (Phi) is 4.66. The van der Waals surface area contributed by atoms with Crippen molar-refractivity contribution in [3.05, 3.63) is 59.2 Å². The van der Waals surface area contributed by atoms with E-state index in [0.717, 1.165) is 22.6 Å². The van der Waals surface area contributed by atoms with E-state index in [1.165, 1.54) is 0 Å². The number of amidine groups is 1. The average Bonchev–Trinajstić information content (AvgIpc) is 2.52. The smallest absolute Gasteiger partial charge is 0.170 e. The van der Waals surface area contributed by atoms with Gasteiger partial charge in [-0.3, -0.25) is 0 Å². The van der Waals surface area contributed by atoms with Crippen molar-refractivity contribution in [1.29, 1.82) is 0 Å². The summed E-state index contributed by atoms with van der Waals surface area (Å²) in [6.07, 6.45) is 0. The maximum atomic E-state index is 8.70. The van der Waals surface area contributed by atoms with Crippen molar-refractivity contribution >= 4 is 5.84 Å². The fraction of sp³-hybridized carbons (Fsp3) is 0.188. The van der Waals surface area contributed by atoms with Crippen LogP contribution in [0.15, 0.2) is 47.6 Å². The van der Waals surface area contributed by atoms with Gasteiger partial charge in [0.25, 0.3) is 0 Å². The summed E-state index contributed by atoms with van der Waals surface area (Å²) >= 11 is 0. The van der Waals surface area contributed by atoms with Gasteiger partial charge in [0, 0.05) is 5.56 Å². The number of oxime groups is 1. The van der Waals surface area contributed by atoms with E-state index in [-0.39, 0.29) is 5.84 Å². The highest BCUT2D eigenvalue weighted by Crippen LogP contribution is 2.19. The van der Waals surface area contributed by atoms with E-state index < -0.39 is 0 Å². The molecule has 0 aliphatic heterocycles. The first-order chi connectivity index (χ1) is 10.1. The third-order valence-electron chi connectivity index (χ3n) is 3.12. The standard InChI is InChI=1S/C16H18N2O3/c1-11-8-14(6-7-15(11)16(17)18-19)21-10-12-4-3-5-13(9-12)20-2/h3-9,19H,10H2,1-2H3,(H2,17,18). The highest BCUT2D eigenvalue weighted by atomic mass is 16.5. The largest absolute Gasteiger partial charge is 0.497 e. The Bertz CT molecular complexity index is 654. The molecule has 0 saturated heterocycles. The molecule has 0 atom stereocenters. The number of hydrogen-bond donors (Lipinski definition) is 2. The van der Waals surface area contributed by atoms with Gasteiger partial charge in [0.15, 0.2) is 5.84 Å². The summed E-state index contributed by atoms with van der Waals surface area (Å²) in [5, 5.41) is 11.7. The molecule has 0 spiro atoms. The van der Waals surface area contributed by atoms with Crippen molar-refractivity contribution in [2.45, 2.75) is 13.5 Å². The van der Waals surface area contributed by atoms with Gasteiger partial charge < -0.3 is 20.4 Å². The molecule has 0 amide bonds. The van der Waals surface area contributed by atoms with Crippen molar-refractivity contribution < 1.29 is 14.7 Å². The molecule has 2 aromatic rings. The number of rotatable bonds is 5. The summed E-state index contributed by atoms with van der Waals surface area (Å²) in [5.41, 5.74) is 8.18. The Balaban J connectivity index is 2.08. The first-order valence-corrected chi connectivity index (χ1v) is 6.48. The van der Waals surface area contributed by atoms with Crippen LogP contribution in [0.4, 0.5) is 0 Å². The molecule has 2 aromatic carbocycles. The second kappa shape index (κ2) is 6.65. The predicted molar refractivity (Wildman–Crippen MR) is 81.0 cm³/mol. The van der Waals surface area contributed by atoms with Gasteiger partial charge in [-0.2, -0.15) is 0 Å². The monoisotopic (exact) mass is 286 g/mol. The highest BCUT2D eigenvalue weighted by molar-refractivity contribution is 5.98. The quantitative estimate of drug-likeness (QED) is 0.383. The van der Waals surface area contributed by atoms with Crippen LogP contribution in [0.2, 0.25) is 0 Å². The van der Waals surface area contributed by atoms with Gasteiger partial charge in [-0.1, -0.05) is 17.3 Å². The Morgan fingerprint density at radius 3 is 2.67 bits per heavy atom. The van der Waals surface area contributed by atoms with Gasteiger partial charge >= 0.3 is 0 Å². The number of methoxy groups -OCH3 is 1. The summed E-state index contributed by atoms with van der Waals surface area (Å²) in [6.45, 7) is 2.32. The SMILES string of the molecule is COc1cccc(COc2ccc(/C(N)=N/O)c(C)c2)c1. The lowest BCUT2D eigenvalue weighted by atomic mass is 10.1. The first-order valence-electron chi connectivity index (χ1n) is 6.48. The van der Waals surface area contributed by atoms with E-state index in [4.69, 9.17) is 20.4 Å². The van der Waals surface area contributed by atoms with Crippen LogP contribution in [-0.4, -0.2) is 18.2 Å². The lowest BCUT2D eigenvalue weighted by Crippen LogP contribution is -2.14. The van der Waals surface area contributed by atoms with Crippen LogP contribution in [-0.2, 0) is 6.61 Å². The molecular weight excluding hydrogens is 268 g/mol. The minimum Gasteiger partial charge on any atom is -0.497 e. The van der Waals surface area contributed by atoms with Gasteiger partial charge in [0.2, 0.25) is 0 Å². The second-order valence-electron chi connectivity index (χ2n) is 4.60. The molecule has 0 radical (unpaired) electrons. The van der Waals surface area contributed by atoms with Crippen LogP contribution >= 0.6 is 0 Å². The minimum atomic E-state index is 0.0897. The molecule has 110 valence electrons. The van der Waals surface area contributed by atoms with Crippen LogP contribution < -0.4 is 15.2 Å². The van der Waals surface area contributed by atoms with Crippen molar-refractivity contribution in [2.75, 3.05) is 7.11 Å². The third kappa shape index (κ3) is 3.66. The summed E-state index contributed by atoms with van der Waals surface area (Å²) < 4.78 is 10.9. The lowest BCUT2D eigenvalue weighted by Gasteiger charge is -2.10. The lowest BCUT2D eigenvalue weighted by molar-refractivity contribution is 0.305. The molecule has 2 rings (SSSR count). The average molecular weight is 286 g/mol. The van der Waals surface area contributed by atoms with E-state index in [9.17, 15) is 0 Å². The van der Waals surface area contributed by atoms with Gasteiger partial charge in [-0.25, -0.2) is 0 Å². The normalized spacial score (nSPS) is 11.2. The van der Waals surface area contributed by atoms with Gasteiger partial charge in [-0.05, 0) is 48.4 Å². The molecule has 3 N–H and O–H groups in total. The summed E-state index contributed by atoms with van der Waals surface area (Å²) in [7, 11) is 1.63. The van der Waals surface area contributed by atoms with Gasteiger partial charge in [-0.15, -0.1) is 0 Å². The van der Waals surface area contributed by atoms with Crippen LogP contribution in [0.3, 0.4) is 0 Å². The van der Waals surface area contributed by atoms with E-state index in [1.807, 2.05) is 37.3 Å². The number of benzene rings is 2. The fourth-order valence-corrected chi connectivity index (χ4v) is 2.00. The number of nitrogens with two attached hydrogens (primary N) is 1. The van der Waals surface area contributed by atoms with E-state index in [0.29, 0.717) is 12.2 Å². The zero-order valence-electron chi connectivity index (χ0n) is 12.0. The maximum absolute atomic E-state index is 8.70. The van der Waals surface area contributed by atoms with Gasteiger partial charge in [0.1, 0.15) is 18.1 Å². The summed E-state index contributed by atoms with van der Waals surface area (Å²) in [4.78, 5) is 0. The van der Waals surface area contributed by atoms with Crippen LogP contribution in [0.1, 0.15) is 16.7 Å².